The summed E-state index contributed by atoms with van der Waals surface area (Å²) in [7, 11) is 4.38. The van der Waals surface area contributed by atoms with Gasteiger partial charge in [0.05, 0.1) is 0 Å². The van der Waals surface area contributed by atoms with Gasteiger partial charge in [-0.3, -0.25) is 0 Å². The second-order valence-electron chi connectivity index (χ2n) is 5.61. The monoisotopic (exact) mass is 241 g/mol. The molecule has 102 valence electrons. The van der Waals surface area contributed by atoms with Gasteiger partial charge in [0.25, 0.3) is 0 Å². The Morgan fingerprint density at radius 1 is 1.18 bits per heavy atom. The summed E-state index contributed by atoms with van der Waals surface area (Å²) in [6.45, 7) is 9.69. The maximum absolute atomic E-state index is 3.39. The molecule has 0 aromatic carbocycles. The van der Waals surface area contributed by atoms with Gasteiger partial charge < -0.3 is 15.1 Å². The topological polar surface area (TPSA) is 18.5 Å². The van der Waals surface area contributed by atoms with Crippen LogP contribution in [0, 0.1) is 5.92 Å². The van der Waals surface area contributed by atoms with E-state index in [0.29, 0.717) is 0 Å². The van der Waals surface area contributed by atoms with Crippen LogP contribution < -0.4 is 5.32 Å². The van der Waals surface area contributed by atoms with Gasteiger partial charge in [0.15, 0.2) is 0 Å². The summed E-state index contributed by atoms with van der Waals surface area (Å²) < 4.78 is 0. The van der Waals surface area contributed by atoms with Crippen LogP contribution in [0.25, 0.3) is 0 Å². The van der Waals surface area contributed by atoms with E-state index in [1.807, 2.05) is 0 Å². The van der Waals surface area contributed by atoms with Gasteiger partial charge in [0.1, 0.15) is 0 Å². The standard InChI is InChI=1S/C14H31N3/c1-4-15-9-5-6-10-17-11-7-14(8-12-17)13-16(2)3/h14-15H,4-13H2,1-3H3. The van der Waals surface area contributed by atoms with E-state index in [1.165, 1.54) is 58.4 Å². The number of hydrogen-bond donors (Lipinski definition) is 1. The van der Waals surface area contributed by atoms with Crippen molar-refractivity contribution in [1.29, 1.82) is 0 Å². The first-order valence-corrected chi connectivity index (χ1v) is 7.30. The summed E-state index contributed by atoms with van der Waals surface area (Å²) in [6.07, 6.45) is 5.47. The molecule has 0 saturated carbocycles. The molecule has 17 heavy (non-hydrogen) atoms. The van der Waals surface area contributed by atoms with Crippen LogP contribution in [0.15, 0.2) is 0 Å². The molecule has 1 heterocycles. The third-order valence-electron chi connectivity index (χ3n) is 3.66. The highest BCUT2D eigenvalue weighted by Crippen LogP contribution is 2.17. The van der Waals surface area contributed by atoms with E-state index in [9.17, 15) is 0 Å². The fourth-order valence-electron chi connectivity index (χ4n) is 2.67. The van der Waals surface area contributed by atoms with E-state index >= 15 is 0 Å². The molecular weight excluding hydrogens is 210 g/mol. The van der Waals surface area contributed by atoms with Crippen molar-refractivity contribution in [2.75, 3.05) is 53.4 Å². The molecule has 0 atom stereocenters. The van der Waals surface area contributed by atoms with Crippen LogP contribution in [0.4, 0.5) is 0 Å². The molecule has 1 saturated heterocycles. The van der Waals surface area contributed by atoms with Crippen molar-refractivity contribution in [1.82, 2.24) is 15.1 Å². The Hall–Kier alpha value is -0.120. The maximum atomic E-state index is 3.39. The van der Waals surface area contributed by atoms with Crippen molar-refractivity contribution >= 4 is 0 Å². The van der Waals surface area contributed by atoms with Gasteiger partial charge in [-0.2, -0.15) is 0 Å². The van der Waals surface area contributed by atoms with Crippen molar-refractivity contribution in [3.63, 3.8) is 0 Å². The Labute approximate surface area is 108 Å². The third-order valence-corrected chi connectivity index (χ3v) is 3.66. The highest BCUT2D eigenvalue weighted by Gasteiger charge is 2.18. The lowest BCUT2D eigenvalue weighted by Crippen LogP contribution is -2.37. The van der Waals surface area contributed by atoms with Crippen LogP contribution in [-0.4, -0.2) is 63.2 Å². The predicted octanol–water partition coefficient (Wildman–Crippen LogP) is 1.65. The first-order valence-electron chi connectivity index (χ1n) is 7.30. The fourth-order valence-corrected chi connectivity index (χ4v) is 2.67. The third kappa shape index (κ3) is 7.02. The lowest BCUT2D eigenvalue weighted by molar-refractivity contribution is 0.160. The zero-order valence-corrected chi connectivity index (χ0v) is 12.0. The van der Waals surface area contributed by atoms with Crippen molar-refractivity contribution < 1.29 is 0 Å². The zero-order valence-electron chi connectivity index (χ0n) is 12.0. The molecule has 0 bridgehead atoms. The van der Waals surface area contributed by atoms with Gasteiger partial charge in [-0.25, -0.2) is 0 Å². The van der Waals surface area contributed by atoms with Crippen LogP contribution in [0.5, 0.6) is 0 Å². The molecule has 1 aliphatic heterocycles. The Bertz CT molecular complexity index is 174. The Kier molecular flexibility index (Phi) is 7.82. The van der Waals surface area contributed by atoms with Gasteiger partial charge in [-0.1, -0.05) is 6.92 Å². The van der Waals surface area contributed by atoms with Gasteiger partial charge in [-0.05, 0) is 78.4 Å². The average Bonchev–Trinajstić information content (AvgIpc) is 2.30. The largest absolute Gasteiger partial charge is 0.317 e. The molecular formula is C14H31N3. The summed E-state index contributed by atoms with van der Waals surface area (Å²) in [5, 5.41) is 3.39. The Balaban J connectivity index is 1.99. The van der Waals surface area contributed by atoms with Gasteiger partial charge in [0.2, 0.25) is 0 Å². The van der Waals surface area contributed by atoms with E-state index in [1.54, 1.807) is 0 Å². The van der Waals surface area contributed by atoms with E-state index in [0.717, 1.165) is 12.5 Å². The molecule has 3 nitrogen and oxygen atoms in total. The quantitative estimate of drug-likeness (QED) is 0.652. The lowest BCUT2D eigenvalue weighted by atomic mass is 9.96. The van der Waals surface area contributed by atoms with Crippen molar-refractivity contribution in [2.45, 2.75) is 32.6 Å². The second-order valence-corrected chi connectivity index (χ2v) is 5.61. The predicted molar refractivity (Wildman–Crippen MR) is 75.5 cm³/mol. The zero-order chi connectivity index (χ0) is 12.5. The molecule has 1 rings (SSSR count). The summed E-state index contributed by atoms with van der Waals surface area (Å²) in [6, 6.07) is 0. The highest BCUT2D eigenvalue weighted by atomic mass is 15.1. The average molecular weight is 241 g/mol. The molecule has 0 aromatic heterocycles. The number of nitrogens with one attached hydrogen (secondary N) is 1. The minimum absolute atomic E-state index is 0.933. The Morgan fingerprint density at radius 2 is 1.88 bits per heavy atom. The molecule has 0 aliphatic carbocycles. The van der Waals surface area contributed by atoms with Crippen LogP contribution in [0.2, 0.25) is 0 Å². The number of nitrogens with zero attached hydrogens (tertiary/aromatic N) is 2. The molecule has 0 radical (unpaired) electrons. The molecule has 0 unspecified atom stereocenters. The second kappa shape index (κ2) is 8.90. The number of hydrogen-bond acceptors (Lipinski definition) is 3. The van der Waals surface area contributed by atoms with Crippen molar-refractivity contribution in [2.24, 2.45) is 5.92 Å². The molecule has 1 fully saturated rings. The Morgan fingerprint density at radius 3 is 2.47 bits per heavy atom. The minimum Gasteiger partial charge on any atom is -0.317 e. The lowest BCUT2D eigenvalue weighted by Gasteiger charge is -2.33. The number of likely N-dealkylation sites (tertiary alicyclic amines) is 1. The van der Waals surface area contributed by atoms with E-state index < -0.39 is 0 Å². The summed E-state index contributed by atoms with van der Waals surface area (Å²) in [4.78, 5) is 4.98. The molecule has 1 N–H and O–H groups in total. The van der Waals surface area contributed by atoms with E-state index in [2.05, 4.69) is 36.1 Å². The molecule has 1 aliphatic rings. The first kappa shape index (κ1) is 14.9. The summed E-state index contributed by atoms with van der Waals surface area (Å²) in [5.74, 6) is 0.933. The highest BCUT2D eigenvalue weighted by molar-refractivity contribution is 4.73. The van der Waals surface area contributed by atoms with Crippen LogP contribution in [-0.2, 0) is 0 Å². The smallest absolute Gasteiger partial charge is 0.000451 e. The van der Waals surface area contributed by atoms with Crippen LogP contribution in [0.3, 0.4) is 0 Å². The van der Waals surface area contributed by atoms with Crippen molar-refractivity contribution in [3.8, 4) is 0 Å². The van der Waals surface area contributed by atoms with Crippen LogP contribution >= 0.6 is 0 Å². The SMILES string of the molecule is CCNCCCCN1CCC(CN(C)C)CC1. The summed E-state index contributed by atoms with van der Waals surface area (Å²) in [5.41, 5.74) is 0. The first-order chi connectivity index (χ1) is 8.22. The number of unbranched alkanes of at least 4 members (excludes halogenated alkanes) is 1. The molecule has 0 spiro atoms. The van der Waals surface area contributed by atoms with E-state index in [-0.39, 0.29) is 0 Å². The molecule has 3 heteroatoms. The van der Waals surface area contributed by atoms with Gasteiger partial charge in [0, 0.05) is 6.54 Å². The summed E-state index contributed by atoms with van der Waals surface area (Å²) >= 11 is 0. The van der Waals surface area contributed by atoms with Crippen LogP contribution in [0.1, 0.15) is 32.6 Å². The number of rotatable bonds is 8. The van der Waals surface area contributed by atoms with E-state index in [4.69, 9.17) is 0 Å². The molecule has 0 amide bonds. The normalized spacial score (nSPS) is 19.1. The van der Waals surface area contributed by atoms with Crippen molar-refractivity contribution in [3.05, 3.63) is 0 Å². The minimum atomic E-state index is 0.933. The fraction of sp³-hybridized carbons (Fsp3) is 1.00. The van der Waals surface area contributed by atoms with Gasteiger partial charge >= 0.3 is 0 Å². The maximum Gasteiger partial charge on any atom is 0.000451 e. The van der Waals surface area contributed by atoms with Gasteiger partial charge in [-0.15, -0.1) is 0 Å². The molecule has 0 aromatic rings. The number of piperidine rings is 1.